The van der Waals surface area contributed by atoms with E-state index in [-0.39, 0.29) is 12.5 Å². The van der Waals surface area contributed by atoms with Crippen molar-refractivity contribution in [3.05, 3.63) is 29.8 Å². The quantitative estimate of drug-likeness (QED) is 0.658. The molecule has 18 heavy (non-hydrogen) atoms. The Kier molecular flexibility index (Phi) is 5.36. The zero-order valence-electron chi connectivity index (χ0n) is 11.0. The Morgan fingerprint density at radius 2 is 1.83 bits per heavy atom. The number of carbonyl (C=O) groups is 2. The van der Waals surface area contributed by atoms with Gasteiger partial charge in [-0.2, -0.15) is 0 Å². The first-order valence-electron chi connectivity index (χ1n) is 6.10. The lowest BCUT2D eigenvalue weighted by Gasteiger charge is -2.08. The Morgan fingerprint density at radius 1 is 1.22 bits per heavy atom. The van der Waals surface area contributed by atoms with E-state index in [1.54, 1.807) is 12.1 Å². The molecule has 1 amide bonds. The van der Waals surface area contributed by atoms with E-state index in [1.165, 1.54) is 5.56 Å². The molecule has 0 bridgehead atoms. The summed E-state index contributed by atoms with van der Waals surface area (Å²) in [5.74, 6) is -1.37. The van der Waals surface area contributed by atoms with Crippen LogP contribution >= 0.6 is 0 Å². The summed E-state index contributed by atoms with van der Waals surface area (Å²) in [7, 11) is 0. The number of hydrogen-bond donors (Lipinski definition) is 1. The molecule has 4 nitrogen and oxygen atoms in total. The summed E-state index contributed by atoms with van der Waals surface area (Å²) in [5, 5.41) is 2.50. The van der Waals surface area contributed by atoms with Crippen molar-refractivity contribution < 1.29 is 14.3 Å². The van der Waals surface area contributed by atoms with Crippen LogP contribution in [-0.2, 0) is 20.7 Å². The van der Waals surface area contributed by atoms with Crippen LogP contribution in [0.5, 0.6) is 0 Å². The van der Waals surface area contributed by atoms with E-state index >= 15 is 0 Å². The van der Waals surface area contributed by atoms with Gasteiger partial charge in [-0.25, -0.2) is 4.79 Å². The number of hydrogen-bond acceptors (Lipinski definition) is 3. The highest BCUT2D eigenvalue weighted by molar-refractivity contribution is 6.37. The van der Waals surface area contributed by atoms with Crippen molar-refractivity contribution in [3.63, 3.8) is 0 Å². The minimum absolute atomic E-state index is 0.214. The van der Waals surface area contributed by atoms with Crippen LogP contribution in [0, 0.1) is 5.92 Å². The summed E-state index contributed by atoms with van der Waals surface area (Å²) in [6.45, 7) is 6.13. The summed E-state index contributed by atoms with van der Waals surface area (Å²) in [6, 6.07) is 7.36. The Bertz CT molecular complexity index is 410. The van der Waals surface area contributed by atoms with Crippen LogP contribution in [0.15, 0.2) is 24.3 Å². The number of nitrogens with one attached hydrogen (secondary N) is 1. The van der Waals surface area contributed by atoms with Gasteiger partial charge in [0.25, 0.3) is 0 Å². The molecule has 0 unspecified atom stereocenters. The first-order chi connectivity index (χ1) is 8.52. The van der Waals surface area contributed by atoms with E-state index in [0.29, 0.717) is 5.69 Å². The van der Waals surface area contributed by atoms with Crippen LogP contribution in [0.4, 0.5) is 5.69 Å². The molecule has 1 N–H and O–H groups in total. The van der Waals surface area contributed by atoms with Gasteiger partial charge in [0.15, 0.2) is 0 Å². The zero-order chi connectivity index (χ0) is 13.5. The Hall–Kier alpha value is -1.84. The monoisotopic (exact) mass is 249 g/mol. The van der Waals surface area contributed by atoms with Gasteiger partial charge in [0.2, 0.25) is 0 Å². The Morgan fingerprint density at radius 3 is 2.33 bits per heavy atom. The summed E-state index contributed by atoms with van der Waals surface area (Å²) in [5.41, 5.74) is 1.77. The number of anilines is 1. The van der Waals surface area contributed by atoms with Gasteiger partial charge < -0.3 is 10.1 Å². The smallest absolute Gasteiger partial charge is 0.397 e. The van der Waals surface area contributed by atoms with Crippen molar-refractivity contribution in [1.29, 1.82) is 0 Å². The third kappa shape index (κ3) is 4.57. The number of aryl methyl sites for hydroxylation is 1. The lowest BCUT2D eigenvalue weighted by atomic mass is 10.1. The van der Waals surface area contributed by atoms with Gasteiger partial charge in [-0.3, -0.25) is 4.79 Å². The largest absolute Gasteiger partial charge is 0.458 e. The summed E-state index contributed by atoms with van der Waals surface area (Å²) < 4.78 is 4.83. The van der Waals surface area contributed by atoms with Crippen molar-refractivity contribution >= 4 is 17.6 Å². The van der Waals surface area contributed by atoms with Gasteiger partial charge in [-0.1, -0.05) is 32.9 Å². The number of rotatable bonds is 4. The van der Waals surface area contributed by atoms with Gasteiger partial charge in [0, 0.05) is 5.69 Å². The molecule has 0 aromatic heterocycles. The number of benzene rings is 1. The molecule has 0 atom stereocenters. The zero-order valence-corrected chi connectivity index (χ0v) is 11.0. The number of amides is 1. The SMILES string of the molecule is CCc1ccc(NC(=O)C(=O)OCC(C)C)cc1. The maximum atomic E-state index is 11.5. The van der Waals surface area contributed by atoms with Gasteiger partial charge in [0.05, 0.1) is 6.61 Å². The average Bonchev–Trinajstić information content (AvgIpc) is 2.36. The summed E-state index contributed by atoms with van der Waals surface area (Å²) in [4.78, 5) is 22.8. The molecule has 1 aromatic rings. The van der Waals surface area contributed by atoms with Crippen LogP contribution in [0.2, 0.25) is 0 Å². The third-order valence-corrected chi connectivity index (χ3v) is 2.35. The summed E-state index contributed by atoms with van der Waals surface area (Å²) >= 11 is 0. The molecule has 0 aliphatic rings. The fourth-order valence-corrected chi connectivity index (χ4v) is 1.31. The molecule has 4 heteroatoms. The van der Waals surface area contributed by atoms with Crippen LogP contribution in [0.3, 0.4) is 0 Å². The van der Waals surface area contributed by atoms with Crippen molar-refractivity contribution in [1.82, 2.24) is 0 Å². The normalized spacial score (nSPS) is 10.2. The van der Waals surface area contributed by atoms with E-state index in [0.717, 1.165) is 6.42 Å². The van der Waals surface area contributed by atoms with E-state index in [2.05, 4.69) is 12.2 Å². The lowest BCUT2D eigenvalue weighted by molar-refractivity contribution is -0.153. The highest BCUT2D eigenvalue weighted by Gasteiger charge is 2.15. The van der Waals surface area contributed by atoms with Crippen molar-refractivity contribution in [3.8, 4) is 0 Å². The standard InChI is InChI=1S/C14H19NO3/c1-4-11-5-7-12(8-6-11)15-13(16)14(17)18-9-10(2)3/h5-8,10H,4,9H2,1-3H3,(H,15,16). The Labute approximate surface area is 107 Å². The minimum Gasteiger partial charge on any atom is -0.458 e. The fraction of sp³-hybridized carbons (Fsp3) is 0.429. The minimum atomic E-state index is -0.844. The third-order valence-electron chi connectivity index (χ3n) is 2.35. The highest BCUT2D eigenvalue weighted by atomic mass is 16.5. The lowest BCUT2D eigenvalue weighted by Crippen LogP contribution is -2.26. The summed E-state index contributed by atoms with van der Waals surface area (Å²) in [6.07, 6.45) is 0.935. The molecule has 0 heterocycles. The molecule has 0 saturated heterocycles. The molecular weight excluding hydrogens is 230 g/mol. The first kappa shape index (κ1) is 14.2. The molecule has 0 saturated carbocycles. The molecule has 98 valence electrons. The van der Waals surface area contributed by atoms with E-state index in [9.17, 15) is 9.59 Å². The van der Waals surface area contributed by atoms with Crippen LogP contribution in [0.1, 0.15) is 26.3 Å². The molecule has 0 aliphatic heterocycles. The number of ether oxygens (including phenoxy) is 1. The molecule has 0 aliphatic carbocycles. The second kappa shape index (κ2) is 6.79. The van der Waals surface area contributed by atoms with Gasteiger partial charge in [0.1, 0.15) is 0 Å². The average molecular weight is 249 g/mol. The maximum absolute atomic E-state index is 11.5. The predicted molar refractivity (Wildman–Crippen MR) is 70.2 cm³/mol. The second-order valence-electron chi connectivity index (χ2n) is 4.50. The number of esters is 1. The highest BCUT2D eigenvalue weighted by Crippen LogP contribution is 2.10. The second-order valence-corrected chi connectivity index (χ2v) is 4.50. The molecular formula is C14H19NO3. The van der Waals surface area contributed by atoms with Crippen molar-refractivity contribution in [2.45, 2.75) is 27.2 Å². The van der Waals surface area contributed by atoms with Gasteiger partial charge in [-0.05, 0) is 30.0 Å². The Balaban J connectivity index is 2.50. The maximum Gasteiger partial charge on any atom is 0.397 e. The van der Waals surface area contributed by atoms with Crippen molar-refractivity contribution in [2.75, 3.05) is 11.9 Å². The molecule has 0 radical (unpaired) electrons. The fourth-order valence-electron chi connectivity index (χ4n) is 1.31. The first-order valence-corrected chi connectivity index (χ1v) is 6.10. The van der Waals surface area contributed by atoms with E-state index in [1.807, 2.05) is 26.0 Å². The molecule has 1 aromatic carbocycles. The van der Waals surface area contributed by atoms with Gasteiger partial charge >= 0.3 is 11.9 Å². The molecule has 1 rings (SSSR count). The topological polar surface area (TPSA) is 55.4 Å². The number of carbonyl (C=O) groups excluding carboxylic acids is 2. The van der Waals surface area contributed by atoms with Crippen LogP contribution in [-0.4, -0.2) is 18.5 Å². The van der Waals surface area contributed by atoms with E-state index < -0.39 is 11.9 Å². The van der Waals surface area contributed by atoms with E-state index in [4.69, 9.17) is 4.74 Å². The van der Waals surface area contributed by atoms with Gasteiger partial charge in [-0.15, -0.1) is 0 Å². The van der Waals surface area contributed by atoms with Crippen LogP contribution in [0.25, 0.3) is 0 Å². The van der Waals surface area contributed by atoms with Crippen LogP contribution < -0.4 is 5.32 Å². The molecule has 0 fully saturated rings. The molecule has 0 spiro atoms. The predicted octanol–water partition coefficient (Wildman–Crippen LogP) is 2.39. The van der Waals surface area contributed by atoms with Crippen molar-refractivity contribution in [2.24, 2.45) is 5.92 Å².